The average molecular weight is 581 g/mol. The van der Waals surface area contributed by atoms with Crippen LogP contribution in [-0.4, -0.2) is 32.4 Å². The predicted molar refractivity (Wildman–Crippen MR) is 162 cm³/mol. The molecule has 228 valence electrons. The monoisotopic (exact) mass is 580 g/mol. The van der Waals surface area contributed by atoms with E-state index in [1.807, 2.05) is 36.4 Å². The molecule has 8 heteroatoms. The number of hydrogen-bond donors (Lipinski definition) is 1. The molecule has 3 aromatic carbocycles. The molecule has 0 saturated carbocycles. The molecule has 8 nitrogen and oxygen atoms in total. The molecule has 0 unspecified atom stereocenters. The predicted octanol–water partition coefficient (Wildman–Crippen LogP) is 7.76. The molecule has 0 fully saturated rings. The van der Waals surface area contributed by atoms with Gasteiger partial charge < -0.3 is 33.5 Å². The molecule has 3 rings (SSSR count). The summed E-state index contributed by atoms with van der Waals surface area (Å²) in [5.74, 6) is 2.58. The van der Waals surface area contributed by atoms with E-state index in [0.29, 0.717) is 35.2 Å². The van der Waals surface area contributed by atoms with Gasteiger partial charge in [0.1, 0.15) is 19.8 Å². The van der Waals surface area contributed by atoms with Gasteiger partial charge in [0.2, 0.25) is 0 Å². The van der Waals surface area contributed by atoms with Crippen molar-refractivity contribution in [3.05, 3.63) is 71.3 Å². The van der Waals surface area contributed by atoms with E-state index in [9.17, 15) is 9.90 Å². The lowest BCUT2D eigenvalue weighted by atomic mass is 10.1. The zero-order chi connectivity index (χ0) is 30.2. The lowest BCUT2D eigenvalue weighted by Gasteiger charge is -2.15. The Morgan fingerprint density at radius 1 is 0.595 bits per heavy atom. The number of carbonyl (C=O) groups is 1. The third kappa shape index (κ3) is 10.4. The van der Waals surface area contributed by atoms with Gasteiger partial charge in [-0.15, -0.1) is 0 Å². The molecule has 0 aliphatic heterocycles. The number of methoxy groups -OCH3 is 3. The van der Waals surface area contributed by atoms with Crippen LogP contribution < -0.4 is 23.7 Å². The smallest absolute Gasteiger partial charge is 0.306 e. The van der Waals surface area contributed by atoms with Crippen LogP contribution in [0.5, 0.6) is 34.5 Å². The van der Waals surface area contributed by atoms with Crippen LogP contribution in [-0.2, 0) is 29.4 Å². The van der Waals surface area contributed by atoms with Gasteiger partial charge in [0.15, 0.2) is 34.5 Å². The number of rotatable bonds is 19. The number of esters is 1. The van der Waals surface area contributed by atoms with Crippen molar-refractivity contribution < 1.29 is 38.3 Å². The molecular weight excluding hydrogens is 536 g/mol. The molecule has 0 saturated heterocycles. The molecule has 0 aliphatic carbocycles. The first-order valence-electron chi connectivity index (χ1n) is 14.6. The number of aromatic hydroxyl groups is 1. The van der Waals surface area contributed by atoms with Crippen molar-refractivity contribution in [1.29, 1.82) is 0 Å². The molecule has 0 spiro atoms. The number of benzene rings is 3. The maximum Gasteiger partial charge on any atom is 0.306 e. The first kappa shape index (κ1) is 32.4. The maximum absolute atomic E-state index is 12.1. The van der Waals surface area contributed by atoms with Crippen LogP contribution in [0.4, 0.5) is 0 Å². The molecule has 0 amide bonds. The third-order valence-electron chi connectivity index (χ3n) is 6.87. The van der Waals surface area contributed by atoms with Crippen LogP contribution in [0.2, 0.25) is 0 Å². The zero-order valence-electron chi connectivity index (χ0n) is 25.3. The number of unbranched alkanes of at least 4 members (excludes halogenated alkanes) is 6. The molecule has 1 N–H and O–H groups in total. The highest BCUT2D eigenvalue weighted by Gasteiger charge is 2.12. The first-order chi connectivity index (χ1) is 20.5. The van der Waals surface area contributed by atoms with Gasteiger partial charge in [0.05, 0.1) is 21.3 Å². The maximum atomic E-state index is 12.1. The summed E-state index contributed by atoms with van der Waals surface area (Å²) < 4.78 is 33.7. The summed E-state index contributed by atoms with van der Waals surface area (Å²) in [5, 5.41) is 9.79. The van der Waals surface area contributed by atoms with Crippen molar-refractivity contribution in [2.45, 2.75) is 78.1 Å². The van der Waals surface area contributed by atoms with Crippen molar-refractivity contribution >= 4 is 5.97 Å². The van der Waals surface area contributed by atoms with Crippen molar-refractivity contribution in [3.8, 4) is 34.5 Å². The van der Waals surface area contributed by atoms with Crippen LogP contribution in [0.15, 0.2) is 54.6 Å². The number of phenolic OH excluding ortho intramolecular Hbond substituents is 1. The zero-order valence-corrected chi connectivity index (χ0v) is 25.3. The summed E-state index contributed by atoms with van der Waals surface area (Å²) in [4.78, 5) is 12.1. The normalized spacial score (nSPS) is 10.7. The molecule has 0 aliphatic rings. The van der Waals surface area contributed by atoms with Crippen molar-refractivity contribution in [2.75, 3.05) is 21.3 Å². The van der Waals surface area contributed by atoms with E-state index in [2.05, 4.69) is 6.92 Å². The molecule has 0 atom stereocenters. The molecule has 0 radical (unpaired) electrons. The van der Waals surface area contributed by atoms with Crippen LogP contribution in [0, 0.1) is 0 Å². The highest BCUT2D eigenvalue weighted by atomic mass is 16.5. The van der Waals surface area contributed by atoms with E-state index in [-0.39, 0.29) is 31.5 Å². The minimum atomic E-state index is -0.174. The lowest BCUT2D eigenvalue weighted by Crippen LogP contribution is -2.05. The van der Waals surface area contributed by atoms with Gasteiger partial charge in [-0.25, -0.2) is 0 Å². The quantitative estimate of drug-likeness (QED) is 0.114. The van der Waals surface area contributed by atoms with Gasteiger partial charge in [0.25, 0.3) is 0 Å². The van der Waals surface area contributed by atoms with E-state index in [1.54, 1.807) is 32.4 Å². The number of phenols is 1. The second-order valence-corrected chi connectivity index (χ2v) is 10.1. The van der Waals surface area contributed by atoms with Crippen LogP contribution in [0.3, 0.4) is 0 Å². The topological polar surface area (TPSA) is 92.7 Å². The lowest BCUT2D eigenvalue weighted by molar-refractivity contribution is -0.145. The van der Waals surface area contributed by atoms with Crippen molar-refractivity contribution in [1.82, 2.24) is 0 Å². The van der Waals surface area contributed by atoms with Crippen molar-refractivity contribution in [2.24, 2.45) is 0 Å². The molecule has 42 heavy (non-hydrogen) atoms. The Morgan fingerprint density at radius 3 is 1.62 bits per heavy atom. The fraction of sp³-hybridized carbons (Fsp3) is 0.441. The summed E-state index contributed by atoms with van der Waals surface area (Å²) in [6, 6.07) is 16.2. The van der Waals surface area contributed by atoms with Gasteiger partial charge in [-0.1, -0.05) is 63.6 Å². The second-order valence-electron chi connectivity index (χ2n) is 10.1. The third-order valence-corrected chi connectivity index (χ3v) is 6.87. The van der Waals surface area contributed by atoms with E-state index >= 15 is 0 Å². The van der Waals surface area contributed by atoms with Gasteiger partial charge in [0, 0.05) is 6.42 Å². The van der Waals surface area contributed by atoms with E-state index in [0.717, 1.165) is 29.5 Å². The molecule has 0 heterocycles. The van der Waals surface area contributed by atoms with Crippen LogP contribution in [0.25, 0.3) is 0 Å². The number of ether oxygens (including phenoxy) is 6. The fourth-order valence-corrected chi connectivity index (χ4v) is 4.44. The Bertz CT molecular complexity index is 1260. The van der Waals surface area contributed by atoms with E-state index in [1.165, 1.54) is 39.2 Å². The standard InChI is InChI=1S/C34H44O8/c1-5-6-7-8-9-10-11-12-34(36)42-24-27-15-18-30(33(21-27)39-4)41-23-26-14-17-29(32(20-26)38-3)40-22-25-13-16-28(35)31(19-25)37-2/h13-21,35H,5-12,22-24H2,1-4H3. The van der Waals surface area contributed by atoms with E-state index < -0.39 is 0 Å². The van der Waals surface area contributed by atoms with E-state index in [4.69, 9.17) is 28.4 Å². The summed E-state index contributed by atoms with van der Waals surface area (Å²) in [6.45, 7) is 2.97. The summed E-state index contributed by atoms with van der Waals surface area (Å²) in [7, 11) is 4.67. The van der Waals surface area contributed by atoms with Gasteiger partial charge >= 0.3 is 5.97 Å². The number of hydrogen-bond acceptors (Lipinski definition) is 8. The summed E-state index contributed by atoms with van der Waals surface area (Å²) in [5.41, 5.74) is 2.56. The fourth-order valence-electron chi connectivity index (χ4n) is 4.44. The van der Waals surface area contributed by atoms with Crippen LogP contribution >= 0.6 is 0 Å². The molecular formula is C34H44O8. The highest BCUT2D eigenvalue weighted by molar-refractivity contribution is 5.69. The molecule has 3 aromatic rings. The minimum absolute atomic E-state index is 0.0759. The molecule has 0 bridgehead atoms. The van der Waals surface area contributed by atoms with Crippen molar-refractivity contribution in [3.63, 3.8) is 0 Å². The molecule has 0 aromatic heterocycles. The van der Waals surface area contributed by atoms with Gasteiger partial charge in [-0.3, -0.25) is 4.79 Å². The Hall–Kier alpha value is -4.07. The second kappa shape index (κ2) is 17.7. The SMILES string of the molecule is CCCCCCCCCC(=O)OCc1ccc(OCc2ccc(OCc3ccc(O)c(OC)c3)c(OC)c2)c(OC)c1. The average Bonchev–Trinajstić information content (AvgIpc) is 3.02. The Balaban J connectivity index is 1.48. The first-order valence-corrected chi connectivity index (χ1v) is 14.6. The summed E-state index contributed by atoms with van der Waals surface area (Å²) in [6.07, 6.45) is 8.60. The minimum Gasteiger partial charge on any atom is -0.504 e. The summed E-state index contributed by atoms with van der Waals surface area (Å²) >= 11 is 0. The Labute approximate surface area is 249 Å². The number of carbonyl (C=O) groups excluding carboxylic acids is 1. The largest absolute Gasteiger partial charge is 0.504 e. The Kier molecular flexibility index (Phi) is 13.7. The van der Waals surface area contributed by atoms with Gasteiger partial charge in [-0.2, -0.15) is 0 Å². The Morgan fingerprint density at radius 2 is 1.07 bits per heavy atom. The van der Waals surface area contributed by atoms with Crippen LogP contribution in [0.1, 0.15) is 75.0 Å². The highest BCUT2D eigenvalue weighted by Crippen LogP contribution is 2.33. The van der Waals surface area contributed by atoms with Gasteiger partial charge in [-0.05, 0) is 59.5 Å².